The van der Waals surface area contributed by atoms with Gasteiger partial charge in [0.25, 0.3) is 0 Å². The molecule has 7 nitrogen and oxygen atoms in total. The number of hydrogen-bond donors (Lipinski definition) is 1. The van der Waals surface area contributed by atoms with Gasteiger partial charge in [0, 0.05) is 0 Å². The normalized spacial score (nSPS) is 11.4. The van der Waals surface area contributed by atoms with Crippen molar-refractivity contribution in [2.45, 2.75) is 11.3 Å². The van der Waals surface area contributed by atoms with Crippen molar-refractivity contribution in [3.05, 3.63) is 69.9 Å². The molecule has 3 aromatic carbocycles. The maximum atomic E-state index is 14.1. The van der Waals surface area contributed by atoms with Crippen molar-refractivity contribution in [1.29, 1.82) is 0 Å². The summed E-state index contributed by atoms with van der Waals surface area (Å²) in [6.07, 6.45) is -0.590. The van der Waals surface area contributed by atoms with Crippen molar-refractivity contribution in [2.75, 3.05) is 0 Å². The Morgan fingerprint density at radius 3 is 1.91 bits per heavy atom. The first-order valence-electron chi connectivity index (χ1n) is 8.87. The molecular weight excluding hydrogens is 841 g/mol. The van der Waals surface area contributed by atoms with Crippen LogP contribution in [0.25, 0.3) is 0 Å². The van der Waals surface area contributed by atoms with E-state index in [2.05, 4.69) is 4.74 Å². The second kappa shape index (κ2) is 10.9. The van der Waals surface area contributed by atoms with Crippen LogP contribution >= 0.6 is 67.8 Å². The fourth-order valence-electron chi connectivity index (χ4n) is 2.70. The lowest BCUT2D eigenvalue weighted by Gasteiger charge is -2.14. The Kier molecular flexibility index (Phi) is 8.75. The van der Waals surface area contributed by atoms with Crippen molar-refractivity contribution in [3.63, 3.8) is 0 Å². The molecule has 35 heavy (non-hydrogen) atoms. The average molecular weight is 849 g/mol. The van der Waals surface area contributed by atoms with Gasteiger partial charge in [-0.2, -0.15) is 8.78 Å². The first kappa shape index (κ1) is 28.1. The second-order valence-corrected chi connectivity index (χ2v) is 11.4. The zero-order chi connectivity index (χ0) is 26.2. The van der Waals surface area contributed by atoms with Crippen LogP contribution in [0.4, 0.5) is 17.6 Å². The molecule has 0 heterocycles. The Bertz CT molecular complexity index is 1410. The van der Waals surface area contributed by atoms with Gasteiger partial charge in [-0.3, -0.25) is 4.79 Å². The van der Waals surface area contributed by atoms with Crippen LogP contribution in [0.2, 0.25) is 0 Å². The smallest absolute Gasteiger partial charge is 0.315 e. The number of hydrogen-bond acceptors (Lipinski definition) is 7. The predicted octanol–water partition coefficient (Wildman–Crippen LogP) is 5.61. The highest BCUT2D eigenvalue weighted by molar-refractivity contribution is 14.1. The number of carbonyl (C=O) groups is 1. The summed E-state index contributed by atoms with van der Waals surface area (Å²) >= 11 is 5.75. The van der Waals surface area contributed by atoms with E-state index in [0.29, 0.717) is 22.2 Å². The molecule has 0 aliphatic rings. The number of phenols is 1. The quantitative estimate of drug-likeness (QED) is 0.0859. The minimum Gasteiger partial charge on any atom is -0.744 e. The van der Waals surface area contributed by atoms with E-state index in [9.17, 15) is 40.4 Å². The van der Waals surface area contributed by atoms with Gasteiger partial charge >= 0.3 is 5.97 Å². The topological polar surface area (TPSA) is 113 Å². The van der Waals surface area contributed by atoms with E-state index >= 15 is 0 Å². The van der Waals surface area contributed by atoms with Crippen molar-refractivity contribution < 1.29 is 49.9 Å². The number of carbonyl (C=O) groups excluding carboxylic acids is 1. The Labute approximate surface area is 236 Å². The number of phenolic OH excluding ortho intramolecular Hbond substituents is 1. The van der Waals surface area contributed by atoms with Gasteiger partial charge in [-0.15, -0.1) is 0 Å². The number of rotatable bonds is 6. The third-order valence-electron chi connectivity index (χ3n) is 4.19. The van der Waals surface area contributed by atoms with Gasteiger partial charge < -0.3 is 19.1 Å². The van der Waals surface area contributed by atoms with Crippen LogP contribution in [0.3, 0.4) is 0 Å². The molecular formula is C20H8F4I3O7S-. The van der Waals surface area contributed by atoms with Gasteiger partial charge in [-0.05, 0) is 104 Å². The molecule has 0 unspecified atom stereocenters. The van der Waals surface area contributed by atoms with Crippen LogP contribution in [-0.4, -0.2) is 24.0 Å². The van der Waals surface area contributed by atoms with Gasteiger partial charge in [0.1, 0.15) is 26.5 Å². The monoisotopic (exact) mass is 849 g/mol. The zero-order valence-electron chi connectivity index (χ0n) is 16.5. The molecule has 0 radical (unpaired) electrons. The summed E-state index contributed by atoms with van der Waals surface area (Å²) in [4.78, 5) is 9.87. The lowest BCUT2D eigenvalue weighted by molar-refractivity contribution is -0.134. The van der Waals surface area contributed by atoms with E-state index in [0.717, 1.165) is 0 Å². The molecule has 3 rings (SSSR count). The van der Waals surface area contributed by atoms with E-state index in [1.54, 1.807) is 12.1 Å². The van der Waals surface area contributed by atoms with Gasteiger partial charge in [0.2, 0.25) is 17.4 Å². The summed E-state index contributed by atoms with van der Waals surface area (Å²) in [5.41, 5.74) is 0.289. The summed E-state index contributed by atoms with van der Waals surface area (Å²) in [6.45, 7) is 0. The lowest BCUT2D eigenvalue weighted by atomic mass is 10.1. The minimum atomic E-state index is -5.89. The van der Waals surface area contributed by atoms with Crippen molar-refractivity contribution >= 4 is 83.9 Å². The molecule has 15 heteroatoms. The molecule has 0 aliphatic carbocycles. The molecule has 0 aliphatic heterocycles. The van der Waals surface area contributed by atoms with Crippen molar-refractivity contribution in [2.24, 2.45) is 0 Å². The second-order valence-electron chi connectivity index (χ2n) is 6.62. The Morgan fingerprint density at radius 2 is 1.43 bits per heavy atom. The van der Waals surface area contributed by atoms with E-state index in [-0.39, 0.29) is 11.3 Å². The SMILES string of the molecule is O=C(Cc1cc(I)c(Oc2ccc(O)c(I)c2)c(I)c1)Oc1c(F)c(F)c(S(=O)(=O)[O-])c(F)c1F. The van der Waals surface area contributed by atoms with Crippen molar-refractivity contribution in [3.8, 4) is 23.0 Å². The van der Waals surface area contributed by atoms with Crippen LogP contribution in [0, 0.1) is 34.0 Å². The Balaban J connectivity index is 1.84. The molecule has 186 valence electrons. The third kappa shape index (κ3) is 6.28. The fourth-order valence-corrected chi connectivity index (χ4v) is 5.92. The molecule has 0 saturated heterocycles. The summed E-state index contributed by atoms with van der Waals surface area (Å²) in [6, 6.07) is 7.57. The first-order chi connectivity index (χ1) is 16.2. The molecule has 3 aromatic rings. The van der Waals surface area contributed by atoms with Crippen LogP contribution < -0.4 is 9.47 Å². The molecule has 0 atom stereocenters. The van der Waals surface area contributed by atoms with Crippen LogP contribution in [-0.2, 0) is 21.3 Å². The van der Waals surface area contributed by atoms with Gasteiger partial charge in [0.05, 0.1) is 17.1 Å². The lowest BCUT2D eigenvalue weighted by Crippen LogP contribution is -2.17. The van der Waals surface area contributed by atoms with E-state index < -0.39 is 56.4 Å². The summed E-state index contributed by atoms with van der Waals surface area (Å²) < 4.78 is 100. The third-order valence-corrected chi connectivity index (χ3v) is 7.52. The van der Waals surface area contributed by atoms with Crippen molar-refractivity contribution in [1.82, 2.24) is 0 Å². The molecule has 0 spiro atoms. The highest BCUT2D eigenvalue weighted by Crippen LogP contribution is 2.36. The maximum absolute atomic E-state index is 14.1. The van der Waals surface area contributed by atoms with Gasteiger partial charge in [-0.1, -0.05) is 0 Å². The molecule has 1 N–H and O–H groups in total. The summed E-state index contributed by atoms with van der Waals surface area (Å²) in [7, 11) is -5.89. The minimum absolute atomic E-state index is 0.0770. The van der Waals surface area contributed by atoms with Gasteiger partial charge in [0.15, 0.2) is 17.4 Å². The predicted molar refractivity (Wildman–Crippen MR) is 136 cm³/mol. The summed E-state index contributed by atoms with van der Waals surface area (Å²) in [5.74, 6) is -11.9. The first-order valence-corrected chi connectivity index (χ1v) is 13.5. The summed E-state index contributed by atoms with van der Waals surface area (Å²) in [5, 5.41) is 9.62. The van der Waals surface area contributed by atoms with E-state index in [1.807, 2.05) is 67.8 Å². The zero-order valence-corrected chi connectivity index (χ0v) is 23.8. The number of ether oxygens (including phenoxy) is 2. The maximum Gasteiger partial charge on any atom is 0.315 e. The van der Waals surface area contributed by atoms with Crippen LogP contribution in [0.1, 0.15) is 5.56 Å². The van der Waals surface area contributed by atoms with E-state index in [4.69, 9.17) is 4.74 Å². The molecule has 0 fully saturated rings. The molecule has 0 aromatic heterocycles. The highest BCUT2D eigenvalue weighted by atomic mass is 127. The number of benzene rings is 3. The standard InChI is InChI=1S/C20H9F4I3O7S/c21-14-16(23)20(35(30,31)32)17(24)15(22)19(14)34-13(29)5-7-3-10(26)18(11(27)4-7)33-8-1-2-12(28)9(25)6-8/h1-4,6,28H,5H2,(H,30,31,32)/p-1. The number of aromatic hydroxyl groups is 1. The van der Waals surface area contributed by atoms with Gasteiger partial charge in [-0.25, -0.2) is 17.2 Å². The number of halogens is 7. The average Bonchev–Trinajstić information content (AvgIpc) is 2.74. The number of esters is 1. The highest BCUT2D eigenvalue weighted by Gasteiger charge is 2.31. The largest absolute Gasteiger partial charge is 0.744 e. The van der Waals surface area contributed by atoms with E-state index in [1.165, 1.54) is 18.2 Å². The molecule has 0 saturated carbocycles. The Morgan fingerprint density at radius 1 is 0.886 bits per heavy atom. The molecule has 0 amide bonds. The fraction of sp³-hybridized carbons (Fsp3) is 0.0500. The molecule has 0 bridgehead atoms. The van der Waals surface area contributed by atoms with Crippen LogP contribution in [0.5, 0.6) is 23.0 Å². The Hall–Kier alpha value is -1.45. The van der Waals surface area contributed by atoms with Crippen LogP contribution in [0.15, 0.2) is 35.2 Å².